The number of aromatic amines is 1. The van der Waals surface area contributed by atoms with E-state index in [4.69, 9.17) is 14.2 Å². The van der Waals surface area contributed by atoms with Crippen LogP contribution in [0.3, 0.4) is 0 Å². The van der Waals surface area contributed by atoms with Gasteiger partial charge in [0, 0.05) is 30.4 Å². The van der Waals surface area contributed by atoms with E-state index in [9.17, 15) is 13.6 Å². The van der Waals surface area contributed by atoms with Gasteiger partial charge in [-0.05, 0) is 18.2 Å². The molecule has 0 saturated carbocycles. The van der Waals surface area contributed by atoms with Gasteiger partial charge in [0.15, 0.2) is 17.2 Å². The Labute approximate surface area is 188 Å². The molecule has 1 saturated heterocycles. The molecular formula is C23H22F2N4O4. The number of alkyl halides is 1. The highest BCUT2D eigenvalue weighted by Crippen LogP contribution is 2.42. The number of carbonyl (C=O) groups excluding carboxylic acids is 1. The maximum Gasteiger partial charge on any atom is 0.255 e. The largest absolute Gasteiger partial charge is 0.492 e. The predicted octanol–water partition coefficient (Wildman–Crippen LogP) is 3.37. The Balaban J connectivity index is 1.59. The number of methoxy groups -OCH3 is 1. The number of pyridine rings is 1. The maximum absolute atomic E-state index is 14.5. The summed E-state index contributed by atoms with van der Waals surface area (Å²) in [4.78, 5) is 20.2. The summed E-state index contributed by atoms with van der Waals surface area (Å²) in [6.45, 7) is 0.253. The van der Waals surface area contributed by atoms with E-state index < -0.39 is 11.5 Å². The number of amides is 1. The first kappa shape index (κ1) is 21.2. The lowest BCUT2D eigenvalue weighted by atomic mass is 10.0. The van der Waals surface area contributed by atoms with Crippen LogP contribution in [0.4, 0.5) is 20.2 Å². The molecule has 10 heteroatoms. The summed E-state index contributed by atoms with van der Waals surface area (Å²) in [7, 11) is 1.37. The number of aromatic nitrogens is 2. The second-order valence-electron chi connectivity index (χ2n) is 7.98. The topological polar surface area (TPSA) is 97.5 Å². The number of hydrogen-bond acceptors (Lipinski definition) is 6. The highest BCUT2D eigenvalue weighted by Gasteiger charge is 2.40. The second kappa shape index (κ2) is 8.36. The molecule has 0 radical (unpaired) electrons. The van der Waals surface area contributed by atoms with Crippen molar-refractivity contribution in [2.45, 2.75) is 12.1 Å². The number of benzene rings is 1. The zero-order chi connectivity index (χ0) is 23.0. The van der Waals surface area contributed by atoms with Crippen LogP contribution in [0.1, 0.15) is 16.1 Å². The lowest BCUT2D eigenvalue weighted by Crippen LogP contribution is -2.50. The smallest absolute Gasteiger partial charge is 0.255 e. The molecule has 0 unspecified atom stereocenters. The fourth-order valence-corrected chi connectivity index (χ4v) is 3.97. The van der Waals surface area contributed by atoms with Crippen LogP contribution in [0.15, 0.2) is 36.7 Å². The van der Waals surface area contributed by atoms with E-state index in [1.54, 1.807) is 24.4 Å². The van der Waals surface area contributed by atoms with Crippen LogP contribution in [0.2, 0.25) is 0 Å². The van der Waals surface area contributed by atoms with Crippen LogP contribution in [0, 0.1) is 5.82 Å². The standard InChI is InChI=1S/C23H22F2N4O4/c1-31-21-14(24)3-2-4-16(21)29-20-18-15(6-8-27-22(18)30)28-19(20)13-5-7-26-9-17(13)33-12-23(25)10-32-11-23/h2-5,7,9,28-29H,6,8,10-12H2,1H3,(H,27,30). The molecule has 2 aliphatic heterocycles. The van der Waals surface area contributed by atoms with Crippen LogP contribution in [-0.2, 0) is 11.2 Å². The van der Waals surface area contributed by atoms with E-state index >= 15 is 0 Å². The third-order valence-corrected chi connectivity index (χ3v) is 5.66. The molecule has 0 aliphatic carbocycles. The number of H-pyrrole nitrogens is 1. The first-order valence-corrected chi connectivity index (χ1v) is 10.5. The third kappa shape index (κ3) is 3.86. The van der Waals surface area contributed by atoms with E-state index in [0.29, 0.717) is 46.9 Å². The van der Waals surface area contributed by atoms with E-state index in [-0.39, 0.29) is 31.5 Å². The van der Waals surface area contributed by atoms with Gasteiger partial charge in [-0.3, -0.25) is 9.78 Å². The van der Waals surface area contributed by atoms with Crippen molar-refractivity contribution in [3.63, 3.8) is 0 Å². The van der Waals surface area contributed by atoms with Crippen LogP contribution in [0.5, 0.6) is 11.5 Å². The molecule has 8 nitrogen and oxygen atoms in total. The van der Waals surface area contributed by atoms with Gasteiger partial charge in [-0.2, -0.15) is 0 Å². The highest BCUT2D eigenvalue weighted by molar-refractivity contribution is 6.06. The average molecular weight is 456 g/mol. The summed E-state index contributed by atoms with van der Waals surface area (Å²) in [6, 6.07) is 6.19. The minimum absolute atomic E-state index is 0.0187. The van der Waals surface area contributed by atoms with Gasteiger partial charge in [-0.15, -0.1) is 0 Å². The zero-order valence-electron chi connectivity index (χ0n) is 17.8. The zero-order valence-corrected chi connectivity index (χ0v) is 17.8. The first-order chi connectivity index (χ1) is 16.0. The number of nitrogens with one attached hydrogen (secondary N) is 3. The number of anilines is 2. The van der Waals surface area contributed by atoms with E-state index in [1.807, 2.05) is 0 Å². The number of rotatable bonds is 7. The van der Waals surface area contributed by atoms with Crippen molar-refractivity contribution in [3.8, 4) is 22.8 Å². The summed E-state index contributed by atoms with van der Waals surface area (Å²) < 4.78 is 44.7. The number of hydrogen-bond donors (Lipinski definition) is 3. The van der Waals surface area contributed by atoms with Gasteiger partial charge >= 0.3 is 0 Å². The monoisotopic (exact) mass is 456 g/mol. The number of para-hydroxylation sites is 1. The Kier molecular flexibility index (Phi) is 5.37. The normalized spacial score (nSPS) is 16.4. The van der Waals surface area contributed by atoms with E-state index in [0.717, 1.165) is 5.69 Å². The van der Waals surface area contributed by atoms with Crippen molar-refractivity contribution in [2.75, 3.05) is 38.8 Å². The minimum Gasteiger partial charge on any atom is -0.492 e. The third-order valence-electron chi connectivity index (χ3n) is 5.66. The van der Waals surface area contributed by atoms with Gasteiger partial charge in [0.05, 0.1) is 49.2 Å². The lowest BCUT2D eigenvalue weighted by molar-refractivity contribution is -0.146. The molecule has 0 atom stereocenters. The quantitative estimate of drug-likeness (QED) is 0.505. The van der Waals surface area contributed by atoms with Crippen LogP contribution in [0.25, 0.3) is 11.3 Å². The van der Waals surface area contributed by atoms with Gasteiger partial charge in [0.2, 0.25) is 0 Å². The highest BCUT2D eigenvalue weighted by atomic mass is 19.1. The molecule has 1 fully saturated rings. The Morgan fingerprint density at radius 1 is 1.30 bits per heavy atom. The van der Waals surface area contributed by atoms with Gasteiger partial charge in [0.1, 0.15) is 12.4 Å². The van der Waals surface area contributed by atoms with Crippen LogP contribution in [-0.4, -0.2) is 55.0 Å². The first-order valence-electron chi connectivity index (χ1n) is 10.5. The number of fused-ring (bicyclic) bond motifs is 1. The molecule has 2 aromatic heterocycles. The molecule has 1 aromatic carbocycles. The summed E-state index contributed by atoms with van der Waals surface area (Å²) in [5.74, 6) is -0.441. The molecule has 33 heavy (non-hydrogen) atoms. The average Bonchev–Trinajstić information content (AvgIpc) is 3.16. The number of nitrogens with zero attached hydrogens (tertiary/aromatic N) is 1. The van der Waals surface area contributed by atoms with Crippen LogP contribution >= 0.6 is 0 Å². The molecule has 172 valence electrons. The molecule has 4 heterocycles. The maximum atomic E-state index is 14.5. The van der Waals surface area contributed by atoms with Gasteiger partial charge in [0.25, 0.3) is 5.91 Å². The van der Waals surface area contributed by atoms with E-state index in [1.165, 1.54) is 19.4 Å². The Bertz CT molecular complexity index is 1210. The fourth-order valence-electron chi connectivity index (χ4n) is 3.97. The minimum atomic E-state index is -1.54. The SMILES string of the molecule is COc1c(F)cccc1Nc1c(-c2ccncc2OCC2(F)COC2)[nH]c2c1C(=O)NCC2. The molecular weight excluding hydrogens is 434 g/mol. The summed E-state index contributed by atoms with van der Waals surface area (Å²) in [6.07, 6.45) is 3.65. The van der Waals surface area contributed by atoms with Crippen molar-refractivity contribution in [1.82, 2.24) is 15.3 Å². The van der Waals surface area contributed by atoms with E-state index in [2.05, 4.69) is 20.6 Å². The van der Waals surface area contributed by atoms with Crippen molar-refractivity contribution in [1.29, 1.82) is 0 Å². The molecule has 5 rings (SSSR count). The number of carbonyl (C=O) groups is 1. The summed E-state index contributed by atoms with van der Waals surface area (Å²) in [5.41, 5.74) is 1.50. The molecule has 0 spiro atoms. The lowest BCUT2D eigenvalue weighted by Gasteiger charge is -2.33. The number of halogens is 2. The fraction of sp³-hybridized carbons (Fsp3) is 0.304. The van der Waals surface area contributed by atoms with Crippen LogP contribution < -0.4 is 20.1 Å². The van der Waals surface area contributed by atoms with Gasteiger partial charge in [-0.25, -0.2) is 8.78 Å². The Morgan fingerprint density at radius 3 is 2.91 bits per heavy atom. The Morgan fingerprint density at radius 2 is 2.15 bits per heavy atom. The molecule has 1 amide bonds. The van der Waals surface area contributed by atoms with Crippen molar-refractivity contribution in [3.05, 3.63) is 53.7 Å². The van der Waals surface area contributed by atoms with Gasteiger partial charge in [-0.1, -0.05) is 6.07 Å². The van der Waals surface area contributed by atoms with Crippen molar-refractivity contribution < 1.29 is 27.8 Å². The van der Waals surface area contributed by atoms with Crippen molar-refractivity contribution in [2.24, 2.45) is 0 Å². The predicted molar refractivity (Wildman–Crippen MR) is 116 cm³/mol. The van der Waals surface area contributed by atoms with Crippen molar-refractivity contribution >= 4 is 17.3 Å². The molecule has 2 aliphatic rings. The van der Waals surface area contributed by atoms with Gasteiger partial charge < -0.3 is 29.8 Å². The number of ether oxygens (including phenoxy) is 3. The molecule has 3 N–H and O–H groups in total. The molecule has 3 aromatic rings. The second-order valence-corrected chi connectivity index (χ2v) is 7.98. The molecule has 0 bridgehead atoms. The summed E-state index contributed by atoms with van der Waals surface area (Å²) >= 11 is 0. The Hall–Kier alpha value is -3.66. The summed E-state index contributed by atoms with van der Waals surface area (Å²) in [5, 5.41) is 6.00.